The maximum absolute atomic E-state index is 3.97. The Morgan fingerprint density at radius 1 is 0.842 bits per heavy atom. The molecule has 0 unspecified atom stereocenters. The first-order valence-electron chi connectivity index (χ1n) is 8.77. The van der Waals surface area contributed by atoms with Crippen LogP contribution in [0.1, 0.15) is 72.1 Å². The van der Waals surface area contributed by atoms with Crippen molar-refractivity contribution in [3.8, 4) is 0 Å². The highest BCUT2D eigenvalue weighted by Gasteiger charge is 2.41. The molecule has 0 heterocycles. The summed E-state index contributed by atoms with van der Waals surface area (Å²) in [6.45, 7) is 8.58. The summed E-state index contributed by atoms with van der Waals surface area (Å²) in [4.78, 5) is 0. The van der Waals surface area contributed by atoms with Crippen LogP contribution in [0.15, 0.2) is 0 Å². The van der Waals surface area contributed by atoms with E-state index in [-0.39, 0.29) is 0 Å². The van der Waals surface area contributed by atoms with Crippen molar-refractivity contribution < 1.29 is 0 Å². The second kappa shape index (κ2) is 5.39. The van der Waals surface area contributed by atoms with Crippen LogP contribution in [0, 0.1) is 29.1 Å². The summed E-state index contributed by atoms with van der Waals surface area (Å²) < 4.78 is 0. The van der Waals surface area contributed by atoms with Crippen LogP contribution in [0.5, 0.6) is 0 Å². The molecule has 0 aliphatic heterocycles. The molecule has 0 aromatic carbocycles. The van der Waals surface area contributed by atoms with Crippen LogP contribution in [-0.2, 0) is 0 Å². The van der Waals surface area contributed by atoms with E-state index in [0.717, 1.165) is 29.7 Å². The van der Waals surface area contributed by atoms with Crippen molar-refractivity contribution in [1.29, 1.82) is 0 Å². The molecule has 1 N–H and O–H groups in total. The van der Waals surface area contributed by atoms with E-state index in [0.29, 0.717) is 5.41 Å². The highest BCUT2D eigenvalue weighted by Crippen LogP contribution is 2.45. The second-order valence-corrected chi connectivity index (χ2v) is 8.69. The van der Waals surface area contributed by atoms with Gasteiger partial charge < -0.3 is 5.32 Å². The first-order valence-corrected chi connectivity index (χ1v) is 8.77. The van der Waals surface area contributed by atoms with E-state index in [2.05, 4.69) is 26.1 Å². The lowest BCUT2D eigenvalue weighted by Gasteiger charge is -2.37. The summed E-state index contributed by atoms with van der Waals surface area (Å²) in [7, 11) is 0. The smallest absolute Gasteiger partial charge is 0.0124 e. The lowest BCUT2D eigenvalue weighted by atomic mass is 9.70. The summed E-state index contributed by atoms with van der Waals surface area (Å²) in [6.07, 6.45) is 11.9. The van der Waals surface area contributed by atoms with Crippen LogP contribution in [0.3, 0.4) is 0 Å². The normalized spacial score (nSPS) is 32.8. The van der Waals surface area contributed by atoms with Gasteiger partial charge in [0.2, 0.25) is 0 Å². The van der Waals surface area contributed by atoms with Gasteiger partial charge in [-0.05, 0) is 87.0 Å². The van der Waals surface area contributed by atoms with Crippen molar-refractivity contribution in [2.24, 2.45) is 29.1 Å². The van der Waals surface area contributed by atoms with Crippen LogP contribution in [0.25, 0.3) is 0 Å². The fourth-order valence-electron chi connectivity index (χ4n) is 4.16. The van der Waals surface area contributed by atoms with Crippen LogP contribution in [0.4, 0.5) is 0 Å². The third-order valence-corrected chi connectivity index (χ3v) is 5.97. The molecule has 3 fully saturated rings. The van der Waals surface area contributed by atoms with Crippen molar-refractivity contribution in [3.63, 3.8) is 0 Å². The molecule has 0 aromatic rings. The quantitative estimate of drug-likeness (QED) is 0.763. The SMILES string of the molecule is CC(C)(C)C1CCC(CNC(C2CC2)C2CC2)CC1. The van der Waals surface area contributed by atoms with Crippen LogP contribution < -0.4 is 5.32 Å². The zero-order chi connectivity index (χ0) is 13.5. The van der Waals surface area contributed by atoms with Gasteiger partial charge in [-0.3, -0.25) is 0 Å². The Morgan fingerprint density at radius 3 is 1.79 bits per heavy atom. The predicted octanol–water partition coefficient (Wildman–Crippen LogP) is 4.62. The molecule has 0 aromatic heterocycles. The zero-order valence-electron chi connectivity index (χ0n) is 13.3. The van der Waals surface area contributed by atoms with Gasteiger partial charge in [0.25, 0.3) is 0 Å². The van der Waals surface area contributed by atoms with Gasteiger partial charge in [0, 0.05) is 6.04 Å². The molecular formula is C18H33N. The second-order valence-electron chi connectivity index (χ2n) is 8.69. The maximum atomic E-state index is 3.97. The van der Waals surface area contributed by atoms with Crippen LogP contribution >= 0.6 is 0 Å². The number of rotatable bonds is 5. The van der Waals surface area contributed by atoms with E-state index in [1.165, 1.54) is 57.9 Å². The van der Waals surface area contributed by atoms with Crippen molar-refractivity contribution in [2.75, 3.05) is 6.54 Å². The molecule has 3 aliphatic carbocycles. The Morgan fingerprint density at radius 2 is 1.37 bits per heavy atom. The number of nitrogens with one attached hydrogen (secondary N) is 1. The molecular weight excluding hydrogens is 230 g/mol. The molecule has 0 radical (unpaired) electrons. The van der Waals surface area contributed by atoms with Crippen molar-refractivity contribution in [3.05, 3.63) is 0 Å². The monoisotopic (exact) mass is 263 g/mol. The Bertz CT molecular complexity index is 275. The summed E-state index contributed by atoms with van der Waals surface area (Å²) in [5, 5.41) is 3.97. The van der Waals surface area contributed by atoms with Gasteiger partial charge in [-0.15, -0.1) is 0 Å². The number of hydrogen-bond donors (Lipinski definition) is 1. The van der Waals surface area contributed by atoms with E-state index < -0.39 is 0 Å². The van der Waals surface area contributed by atoms with Crippen molar-refractivity contribution in [2.45, 2.75) is 78.2 Å². The molecule has 0 atom stereocenters. The molecule has 3 aliphatic rings. The lowest BCUT2D eigenvalue weighted by molar-refractivity contribution is 0.146. The standard InChI is InChI=1S/C18H33N/c1-18(2,3)16-10-4-13(5-11-16)12-19-17(14-6-7-14)15-8-9-15/h13-17,19H,4-12H2,1-3H3. The number of hydrogen-bond acceptors (Lipinski definition) is 1. The average Bonchev–Trinajstić information content (AvgIpc) is 3.23. The molecule has 0 saturated heterocycles. The van der Waals surface area contributed by atoms with Gasteiger partial charge in [-0.2, -0.15) is 0 Å². The largest absolute Gasteiger partial charge is 0.313 e. The Kier molecular flexibility index (Phi) is 3.95. The van der Waals surface area contributed by atoms with Gasteiger partial charge in [0.05, 0.1) is 0 Å². The minimum atomic E-state index is 0.531. The summed E-state index contributed by atoms with van der Waals surface area (Å²) in [5.41, 5.74) is 0.531. The average molecular weight is 263 g/mol. The fraction of sp³-hybridized carbons (Fsp3) is 1.00. The lowest BCUT2D eigenvalue weighted by Crippen LogP contribution is -2.38. The molecule has 0 spiro atoms. The molecule has 3 rings (SSSR count). The molecule has 0 amide bonds. The van der Waals surface area contributed by atoms with Gasteiger partial charge in [0.1, 0.15) is 0 Å². The highest BCUT2D eigenvalue weighted by molar-refractivity contribution is 4.96. The van der Waals surface area contributed by atoms with E-state index in [1.807, 2.05) is 0 Å². The minimum Gasteiger partial charge on any atom is -0.313 e. The molecule has 1 heteroatoms. The molecule has 1 nitrogen and oxygen atoms in total. The van der Waals surface area contributed by atoms with Gasteiger partial charge in [-0.1, -0.05) is 20.8 Å². The minimum absolute atomic E-state index is 0.531. The van der Waals surface area contributed by atoms with Crippen LogP contribution in [0.2, 0.25) is 0 Å². The van der Waals surface area contributed by atoms with E-state index in [9.17, 15) is 0 Å². The fourth-order valence-corrected chi connectivity index (χ4v) is 4.16. The van der Waals surface area contributed by atoms with Gasteiger partial charge in [0.15, 0.2) is 0 Å². The molecule has 110 valence electrons. The Balaban J connectivity index is 1.39. The van der Waals surface area contributed by atoms with E-state index in [4.69, 9.17) is 0 Å². The predicted molar refractivity (Wildman–Crippen MR) is 82.1 cm³/mol. The van der Waals surface area contributed by atoms with Gasteiger partial charge in [-0.25, -0.2) is 0 Å². The topological polar surface area (TPSA) is 12.0 Å². The van der Waals surface area contributed by atoms with Gasteiger partial charge >= 0.3 is 0 Å². The van der Waals surface area contributed by atoms with Crippen molar-refractivity contribution >= 4 is 0 Å². The summed E-state index contributed by atoms with van der Waals surface area (Å²) in [5.74, 6) is 4.04. The third-order valence-electron chi connectivity index (χ3n) is 5.97. The molecule has 19 heavy (non-hydrogen) atoms. The summed E-state index contributed by atoms with van der Waals surface area (Å²) in [6, 6.07) is 0.903. The first kappa shape index (κ1) is 13.9. The zero-order valence-corrected chi connectivity index (χ0v) is 13.3. The van der Waals surface area contributed by atoms with Crippen molar-refractivity contribution in [1.82, 2.24) is 5.32 Å². The van der Waals surface area contributed by atoms with E-state index in [1.54, 1.807) is 0 Å². The molecule has 0 bridgehead atoms. The third kappa shape index (κ3) is 3.74. The van der Waals surface area contributed by atoms with Crippen LogP contribution in [-0.4, -0.2) is 12.6 Å². The molecule has 3 saturated carbocycles. The Labute approximate surface area is 119 Å². The highest BCUT2D eigenvalue weighted by atomic mass is 14.9. The summed E-state index contributed by atoms with van der Waals surface area (Å²) >= 11 is 0. The first-order chi connectivity index (χ1) is 9.04. The van der Waals surface area contributed by atoms with E-state index >= 15 is 0 Å². The Hall–Kier alpha value is -0.0400. The maximum Gasteiger partial charge on any atom is 0.0124 e.